The highest BCUT2D eigenvalue weighted by molar-refractivity contribution is 7.91. The highest BCUT2D eigenvalue weighted by Gasteiger charge is 2.25. The Balaban J connectivity index is 1.44. The summed E-state index contributed by atoms with van der Waals surface area (Å²) in [6.07, 6.45) is 5.15. The number of rotatable bonds is 7. The first-order valence-corrected chi connectivity index (χ1v) is 11.4. The van der Waals surface area contributed by atoms with Crippen LogP contribution in [0.3, 0.4) is 0 Å². The molecule has 0 amide bonds. The zero-order valence-electron chi connectivity index (χ0n) is 15.1. The van der Waals surface area contributed by atoms with Crippen molar-refractivity contribution in [3.05, 3.63) is 60.1 Å². The number of thiophene rings is 1. The molecule has 0 unspecified atom stereocenters. The van der Waals surface area contributed by atoms with Crippen LogP contribution in [0.4, 0.5) is 0 Å². The van der Waals surface area contributed by atoms with Gasteiger partial charge in [0.05, 0.1) is 11.1 Å². The van der Waals surface area contributed by atoms with Crippen molar-refractivity contribution in [1.29, 1.82) is 0 Å². The Morgan fingerprint density at radius 2 is 2.00 bits per heavy atom. The molecule has 1 fully saturated rings. The van der Waals surface area contributed by atoms with Crippen LogP contribution in [-0.4, -0.2) is 19.9 Å². The standard InChI is InChI=1S/C20H22N2O3S2/c1-14(15-6-3-2-4-7-15)12-22-27(23,24)19-11-10-18(26-19)17-13-21-20(25-17)16-8-5-9-16/h2-4,6-7,10-11,13-14,16,22H,5,8-9,12H2,1H3/t14-/m0/s1. The summed E-state index contributed by atoms with van der Waals surface area (Å²) < 4.78 is 34.1. The molecular weight excluding hydrogens is 380 g/mol. The van der Waals surface area contributed by atoms with Crippen molar-refractivity contribution in [3.8, 4) is 10.6 Å². The monoisotopic (exact) mass is 402 g/mol. The van der Waals surface area contributed by atoms with Crippen LogP contribution in [0, 0.1) is 0 Å². The van der Waals surface area contributed by atoms with Gasteiger partial charge in [0.1, 0.15) is 4.21 Å². The maximum Gasteiger partial charge on any atom is 0.250 e. The summed E-state index contributed by atoms with van der Waals surface area (Å²) in [7, 11) is -3.55. The van der Waals surface area contributed by atoms with E-state index in [0.717, 1.165) is 29.2 Å². The summed E-state index contributed by atoms with van der Waals surface area (Å²) in [5, 5.41) is 0. The lowest BCUT2D eigenvalue weighted by molar-refractivity contribution is 0.338. The fourth-order valence-electron chi connectivity index (χ4n) is 3.05. The van der Waals surface area contributed by atoms with E-state index in [2.05, 4.69) is 9.71 Å². The van der Waals surface area contributed by atoms with E-state index in [-0.39, 0.29) is 5.92 Å². The molecule has 3 aromatic rings. The lowest BCUT2D eigenvalue weighted by Gasteiger charge is -2.21. The molecule has 0 spiro atoms. The van der Waals surface area contributed by atoms with Crippen LogP contribution in [0.25, 0.3) is 10.6 Å². The van der Waals surface area contributed by atoms with Crippen molar-refractivity contribution in [1.82, 2.24) is 9.71 Å². The van der Waals surface area contributed by atoms with Crippen molar-refractivity contribution in [2.24, 2.45) is 0 Å². The first-order valence-electron chi connectivity index (χ1n) is 9.13. The molecule has 2 aromatic heterocycles. The zero-order valence-corrected chi connectivity index (χ0v) is 16.7. The minimum atomic E-state index is -3.55. The number of benzene rings is 1. The van der Waals surface area contributed by atoms with Crippen molar-refractivity contribution in [2.45, 2.75) is 42.2 Å². The molecule has 5 nitrogen and oxygen atoms in total. The fraction of sp³-hybridized carbons (Fsp3) is 0.350. The molecule has 27 heavy (non-hydrogen) atoms. The van der Waals surface area contributed by atoms with Crippen LogP contribution in [0.2, 0.25) is 0 Å². The number of nitrogens with zero attached hydrogens (tertiary/aromatic N) is 1. The molecule has 2 heterocycles. The zero-order chi connectivity index (χ0) is 18.9. The molecule has 1 aromatic carbocycles. The van der Waals surface area contributed by atoms with Crippen molar-refractivity contribution < 1.29 is 12.8 Å². The van der Waals surface area contributed by atoms with Gasteiger partial charge >= 0.3 is 0 Å². The Hall–Kier alpha value is -1.96. The Bertz CT molecular complexity index is 1000. The number of hydrogen-bond donors (Lipinski definition) is 1. The van der Waals surface area contributed by atoms with Gasteiger partial charge in [0.15, 0.2) is 11.7 Å². The van der Waals surface area contributed by atoms with E-state index < -0.39 is 10.0 Å². The van der Waals surface area contributed by atoms with Crippen molar-refractivity contribution in [3.63, 3.8) is 0 Å². The molecule has 0 radical (unpaired) electrons. The van der Waals surface area contributed by atoms with E-state index in [4.69, 9.17) is 4.42 Å². The molecule has 0 saturated heterocycles. The van der Waals surface area contributed by atoms with E-state index in [1.807, 2.05) is 37.3 Å². The molecular formula is C20H22N2O3S2. The van der Waals surface area contributed by atoms with Gasteiger partial charge in [0.25, 0.3) is 0 Å². The van der Waals surface area contributed by atoms with Crippen molar-refractivity contribution in [2.75, 3.05) is 6.54 Å². The van der Waals surface area contributed by atoms with Gasteiger partial charge in [-0.2, -0.15) is 0 Å². The van der Waals surface area contributed by atoms with Gasteiger partial charge in [-0.25, -0.2) is 18.1 Å². The van der Waals surface area contributed by atoms with Gasteiger partial charge in [-0.05, 0) is 36.5 Å². The largest absolute Gasteiger partial charge is 0.440 e. The number of hydrogen-bond acceptors (Lipinski definition) is 5. The van der Waals surface area contributed by atoms with E-state index >= 15 is 0 Å². The van der Waals surface area contributed by atoms with Gasteiger partial charge in [0.2, 0.25) is 10.0 Å². The lowest BCUT2D eigenvalue weighted by Crippen LogP contribution is -2.27. The molecule has 7 heteroatoms. The fourth-order valence-corrected chi connectivity index (χ4v) is 5.48. The number of aromatic nitrogens is 1. The second-order valence-corrected chi connectivity index (χ2v) is 10.1. The average Bonchev–Trinajstić information content (AvgIpc) is 3.29. The predicted octanol–water partition coefficient (Wildman–Crippen LogP) is 4.75. The second kappa shape index (κ2) is 7.58. The predicted molar refractivity (Wildman–Crippen MR) is 106 cm³/mol. The SMILES string of the molecule is C[C@@H](CNS(=O)(=O)c1ccc(-c2cnc(C3CCC3)o2)s1)c1ccccc1. The first-order chi connectivity index (χ1) is 13.0. The van der Waals surface area contributed by atoms with Crippen LogP contribution in [0.1, 0.15) is 49.5 Å². The minimum Gasteiger partial charge on any atom is -0.440 e. The Labute approximate surface area is 163 Å². The van der Waals surface area contributed by atoms with Crippen LogP contribution in [0.15, 0.2) is 57.3 Å². The maximum atomic E-state index is 12.6. The minimum absolute atomic E-state index is 0.0970. The van der Waals surface area contributed by atoms with E-state index in [9.17, 15) is 8.42 Å². The molecule has 4 rings (SSSR count). The van der Waals surface area contributed by atoms with Gasteiger partial charge in [-0.1, -0.05) is 43.7 Å². The quantitative estimate of drug-likeness (QED) is 0.619. The van der Waals surface area contributed by atoms with E-state index in [0.29, 0.717) is 22.4 Å². The van der Waals surface area contributed by atoms with Gasteiger partial charge in [-0.3, -0.25) is 0 Å². The molecule has 1 N–H and O–H groups in total. The first kappa shape index (κ1) is 18.4. The van der Waals surface area contributed by atoms with Crippen LogP contribution in [0.5, 0.6) is 0 Å². The topological polar surface area (TPSA) is 72.2 Å². The molecule has 142 valence electrons. The van der Waals surface area contributed by atoms with Gasteiger partial charge in [-0.15, -0.1) is 11.3 Å². The van der Waals surface area contributed by atoms with E-state index in [1.165, 1.54) is 17.8 Å². The summed E-state index contributed by atoms with van der Waals surface area (Å²) >= 11 is 1.21. The highest BCUT2D eigenvalue weighted by atomic mass is 32.2. The summed E-state index contributed by atoms with van der Waals surface area (Å²) in [6.45, 7) is 2.36. The molecule has 1 atom stereocenters. The van der Waals surface area contributed by atoms with Gasteiger partial charge < -0.3 is 4.42 Å². The summed E-state index contributed by atoms with van der Waals surface area (Å²) in [6, 6.07) is 13.3. The smallest absolute Gasteiger partial charge is 0.250 e. The Morgan fingerprint density at radius 3 is 2.70 bits per heavy atom. The number of nitrogens with one attached hydrogen (secondary N) is 1. The highest BCUT2D eigenvalue weighted by Crippen LogP contribution is 2.38. The Kier molecular flexibility index (Phi) is 5.16. The Morgan fingerprint density at radius 1 is 1.22 bits per heavy atom. The van der Waals surface area contributed by atoms with Crippen LogP contribution in [-0.2, 0) is 10.0 Å². The number of oxazole rings is 1. The van der Waals surface area contributed by atoms with Crippen LogP contribution < -0.4 is 4.72 Å². The van der Waals surface area contributed by atoms with Gasteiger partial charge in [0, 0.05) is 12.5 Å². The molecule has 1 saturated carbocycles. The lowest BCUT2D eigenvalue weighted by atomic mass is 9.85. The third kappa shape index (κ3) is 4.00. The molecule has 1 aliphatic carbocycles. The second-order valence-electron chi connectivity index (χ2n) is 6.97. The number of sulfonamides is 1. The molecule has 0 aliphatic heterocycles. The van der Waals surface area contributed by atoms with Crippen molar-refractivity contribution >= 4 is 21.4 Å². The summed E-state index contributed by atoms with van der Waals surface area (Å²) in [5.41, 5.74) is 1.11. The third-order valence-corrected chi connectivity index (χ3v) is 8.03. The third-order valence-electron chi connectivity index (χ3n) is 5.02. The summed E-state index contributed by atoms with van der Waals surface area (Å²) in [5.74, 6) is 1.92. The maximum absolute atomic E-state index is 12.6. The normalized spacial score (nSPS) is 16.2. The van der Waals surface area contributed by atoms with E-state index in [1.54, 1.807) is 18.3 Å². The molecule has 1 aliphatic rings. The van der Waals surface area contributed by atoms with Crippen LogP contribution >= 0.6 is 11.3 Å². The average molecular weight is 403 g/mol. The molecule has 0 bridgehead atoms. The summed E-state index contributed by atoms with van der Waals surface area (Å²) in [4.78, 5) is 5.14.